The Balaban J connectivity index is 0.00000306. The van der Waals surface area contributed by atoms with E-state index in [4.69, 9.17) is 0 Å². The lowest BCUT2D eigenvalue weighted by Crippen LogP contribution is -2.53. The zero-order chi connectivity index (χ0) is 22.2. The zero-order valence-corrected chi connectivity index (χ0v) is 21.7. The molecule has 7 nitrogen and oxygen atoms in total. The van der Waals surface area contributed by atoms with Gasteiger partial charge in [0.2, 0.25) is 5.91 Å². The summed E-state index contributed by atoms with van der Waals surface area (Å²) in [5.41, 5.74) is 2.51. The molecule has 0 unspecified atom stereocenters. The summed E-state index contributed by atoms with van der Waals surface area (Å²) in [6.07, 6.45) is 0.494. The minimum atomic E-state index is 0. The second-order valence-electron chi connectivity index (χ2n) is 8.24. The van der Waals surface area contributed by atoms with E-state index in [9.17, 15) is 4.79 Å². The number of aliphatic imine (C=N–C) groups is 1. The molecule has 0 radical (unpaired) electrons. The van der Waals surface area contributed by atoms with E-state index in [1.165, 1.54) is 11.4 Å². The highest BCUT2D eigenvalue weighted by atomic mass is 127. The van der Waals surface area contributed by atoms with E-state index >= 15 is 0 Å². The number of hydrogen-bond acceptors (Lipinski definition) is 4. The van der Waals surface area contributed by atoms with Crippen LogP contribution in [-0.2, 0) is 4.79 Å². The van der Waals surface area contributed by atoms with Crippen LogP contribution in [0.4, 0.5) is 11.4 Å². The minimum absolute atomic E-state index is 0. The molecule has 33 heavy (non-hydrogen) atoms. The van der Waals surface area contributed by atoms with Crippen LogP contribution >= 0.6 is 24.0 Å². The molecule has 0 atom stereocenters. The van der Waals surface area contributed by atoms with Gasteiger partial charge in [-0.3, -0.25) is 9.79 Å². The molecule has 2 aliphatic heterocycles. The van der Waals surface area contributed by atoms with Gasteiger partial charge >= 0.3 is 0 Å². The van der Waals surface area contributed by atoms with Gasteiger partial charge in [-0.1, -0.05) is 36.4 Å². The zero-order valence-electron chi connectivity index (χ0n) is 19.4. The monoisotopic (exact) mass is 562 g/mol. The third-order valence-electron chi connectivity index (χ3n) is 6.29. The van der Waals surface area contributed by atoms with E-state index in [2.05, 4.69) is 79.6 Å². The number of nitrogens with zero attached hydrogens (tertiary/aromatic N) is 5. The number of halogens is 1. The van der Waals surface area contributed by atoms with Crippen LogP contribution in [0.5, 0.6) is 0 Å². The summed E-state index contributed by atoms with van der Waals surface area (Å²) in [7, 11) is 1.82. The number of anilines is 2. The average Bonchev–Trinajstić information content (AvgIpc) is 2.88. The first-order valence-electron chi connectivity index (χ1n) is 11.6. The molecule has 2 heterocycles. The molecule has 4 rings (SSSR count). The van der Waals surface area contributed by atoms with Crippen molar-refractivity contribution in [3.05, 3.63) is 60.7 Å². The summed E-state index contributed by atoms with van der Waals surface area (Å²) in [6.45, 7) is 7.72. The van der Waals surface area contributed by atoms with Gasteiger partial charge in [-0.2, -0.15) is 0 Å². The molecule has 2 aliphatic rings. The van der Waals surface area contributed by atoms with Gasteiger partial charge in [0.1, 0.15) is 0 Å². The van der Waals surface area contributed by atoms with Crippen molar-refractivity contribution < 1.29 is 4.79 Å². The predicted octanol–water partition coefficient (Wildman–Crippen LogP) is 2.74. The van der Waals surface area contributed by atoms with Gasteiger partial charge in [0.15, 0.2) is 5.96 Å². The quantitative estimate of drug-likeness (QED) is 0.345. The van der Waals surface area contributed by atoms with Crippen LogP contribution < -0.4 is 15.1 Å². The van der Waals surface area contributed by atoms with Crippen LogP contribution in [0.25, 0.3) is 0 Å². The van der Waals surface area contributed by atoms with Crippen LogP contribution in [0.3, 0.4) is 0 Å². The highest BCUT2D eigenvalue weighted by molar-refractivity contribution is 14.0. The standard InChI is InChI=1S/C25H34N6O.HI/c1-26-25(31-20-16-29(17-21-31)23-10-6-3-7-11-23)27-13-12-24(32)30-18-14-28(15-19-30)22-8-4-2-5-9-22;/h2-11H,12-21H2,1H3,(H,26,27);1H. The van der Waals surface area contributed by atoms with Gasteiger partial charge in [0.05, 0.1) is 0 Å². The lowest BCUT2D eigenvalue weighted by molar-refractivity contribution is -0.131. The molecule has 0 spiro atoms. The predicted molar refractivity (Wildman–Crippen MR) is 147 cm³/mol. The Bertz CT molecular complexity index is 878. The Labute approximate surface area is 214 Å². The largest absolute Gasteiger partial charge is 0.368 e. The molecule has 1 amide bonds. The van der Waals surface area contributed by atoms with Crippen molar-refractivity contribution in [2.45, 2.75) is 6.42 Å². The Kier molecular flexibility index (Phi) is 9.65. The number of hydrogen-bond donors (Lipinski definition) is 1. The van der Waals surface area contributed by atoms with E-state index in [1.54, 1.807) is 0 Å². The Morgan fingerprint density at radius 2 is 1.21 bits per heavy atom. The first-order chi connectivity index (χ1) is 15.7. The lowest BCUT2D eigenvalue weighted by Gasteiger charge is -2.38. The van der Waals surface area contributed by atoms with Crippen LogP contribution in [0.1, 0.15) is 6.42 Å². The number of carbonyl (C=O) groups excluding carboxylic acids is 1. The molecule has 2 saturated heterocycles. The fraction of sp³-hybridized carbons (Fsp3) is 0.440. The number of guanidine groups is 1. The summed E-state index contributed by atoms with van der Waals surface area (Å²) in [5.74, 6) is 1.11. The van der Waals surface area contributed by atoms with E-state index < -0.39 is 0 Å². The topological polar surface area (TPSA) is 54.4 Å². The van der Waals surface area contributed by atoms with E-state index in [-0.39, 0.29) is 29.9 Å². The number of carbonyl (C=O) groups is 1. The summed E-state index contributed by atoms with van der Waals surface area (Å²) in [6, 6.07) is 21.0. The molecule has 2 aromatic carbocycles. The number of benzene rings is 2. The van der Waals surface area contributed by atoms with Crippen molar-refractivity contribution in [1.82, 2.24) is 15.1 Å². The molecule has 178 valence electrons. The number of rotatable bonds is 5. The third-order valence-corrected chi connectivity index (χ3v) is 6.29. The van der Waals surface area contributed by atoms with Crippen molar-refractivity contribution in [1.29, 1.82) is 0 Å². The van der Waals surface area contributed by atoms with Crippen molar-refractivity contribution in [3.8, 4) is 0 Å². The Morgan fingerprint density at radius 3 is 1.67 bits per heavy atom. The van der Waals surface area contributed by atoms with Gasteiger partial charge in [0, 0.05) is 83.7 Å². The van der Waals surface area contributed by atoms with E-state index in [0.29, 0.717) is 13.0 Å². The Hall–Kier alpha value is -2.49. The molecular formula is C25H35IN6O. The molecule has 2 fully saturated rings. The van der Waals surface area contributed by atoms with Crippen molar-refractivity contribution >= 4 is 47.2 Å². The van der Waals surface area contributed by atoms with Gasteiger partial charge in [-0.15, -0.1) is 24.0 Å². The second kappa shape index (κ2) is 12.7. The number of para-hydroxylation sites is 2. The molecular weight excluding hydrogens is 527 g/mol. The molecule has 1 N–H and O–H groups in total. The average molecular weight is 563 g/mol. The second-order valence-corrected chi connectivity index (χ2v) is 8.24. The Morgan fingerprint density at radius 1 is 0.758 bits per heavy atom. The fourth-order valence-corrected chi connectivity index (χ4v) is 4.44. The normalized spacial score (nSPS) is 16.9. The summed E-state index contributed by atoms with van der Waals surface area (Å²) in [4.78, 5) is 26.2. The molecule has 2 aromatic rings. The molecule has 0 saturated carbocycles. The maximum atomic E-state index is 12.7. The first-order valence-corrected chi connectivity index (χ1v) is 11.6. The summed E-state index contributed by atoms with van der Waals surface area (Å²) >= 11 is 0. The summed E-state index contributed by atoms with van der Waals surface area (Å²) < 4.78 is 0. The van der Waals surface area contributed by atoms with Crippen LogP contribution in [0.2, 0.25) is 0 Å². The van der Waals surface area contributed by atoms with Crippen molar-refractivity contribution in [3.63, 3.8) is 0 Å². The number of amides is 1. The van der Waals surface area contributed by atoms with Gasteiger partial charge < -0.3 is 24.9 Å². The van der Waals surface area contributed by atoms with E-state index in [0.717, 1.165) is 58.3 Å². The molecule has 8 heteroatoms. The number of nitrogens with one attached hydrogen (secondary N) is 1. The van der Waals surface area contributed by atoms with Crippen molar-refractivity contribution in [2.75, 3.05) is 75.8 Å². The van der Waals surface area contributed by atoms with Gasteiger partial charge in [0.25, 0.3) is 0 Å². The van der Waals surface area contributed by atoms with Crippen molar-refractivity contribution in [2.24, 2.45) is 4.99 Å². The maximum absolute atomic E-state index is 12.7. The molecule has 0 aromatic heterocycles. The van der Waals surface area contributed by atoms with E-state index in [1.807, 2.05) is 18.0 Å². The SMILES string of the molecule is CN=C(NCCC(=O)N1CCN(c2ccccc2)CC1)N1CCN(c2ccccc2)CC1.I. The number of piperazine rings is 2. The minimum Gasteiger partial charge on any atom is -0.368 e. The highest BCUT2D eigenvalue weighted by Crippen LogP contribution is 2.17. The molecule has 0 bridgehead atoms. The highest BCUT2D eigenvalue weighted by Gasteiger charge is 2.22. The van der Waals surface area contributed by atoms with Gasteiger partial charge in [-0.05, 0) is 24.3 Å². The lowest BCUT2D eigenvalue weighted by atomic mass is 10.2. The van der Waals surface area contributed by atoms with Crippen LogP contribution in [0.15, 0.2) is 65.7 Å². The first kappa shape index (κ1) is 25.1. The maximum Gasteiger partial charge on any atom is 0.224 e. The fourth-order valence-electron chi connectivity index (χ4n) is 4.44. The van der Waals surface area contributed by atoms with Crippen LogP contribution in [-0.4, -0.2) is 87.6 Å². The van der Waals surface area contributed by atoms with Gasteiger partial charge in [-0.25, -0.2) is 0 Å². The smallest absolute Gasteiger partial charge is 0.224 e. The summed E-state index contributed by atoms with van der Waals surface area (Å²) in [5, 5.41) is 3.40. The molecule has 0 aliphatic carbocycles. The third kappa shape index (κ3) is 6.75. The van der Waals surface area contributed by atoms with Crippen LogP contribution in [0, 0.1) is 0 Å².